The number of ketones is 1. The molecule has 1 N–H and O–H groups in total. The molecule has 2 aromatic rings. The van der Waals surface area contributed by atoms with Gasteiger partial charge < -0.3 is 9.52 Å². The Labute approximate surface area is 88.5 Å². The fourth-order valence-corrected chi connectivity index (χ4v) is 1.87. The molecule has 4 heteroatoms. The summed E-state index contributed by atoms with van der Waals surface area (Å²) in [4.78, 5) is 11.2. The van der Waals surface area contributed by atoms with Gasteiger partial charge in [0, 0.05) is 5.39 Å². The summed E-state index contributed by atoms with van der Waals surface area (Å²) >= 11 is 3.18. The molecular weight excluding hydrogens is 248 g/mol. The van der Waals surface area contributed by atoms with Gasteiger partial charge in [0.05, 0.1) is 11.8 Å². The number of rotatable bonds is 1. The molecule has 0 amide bonds. The normalized spacial score (nSPS) is 10.7. The molecule has 72 valence electrons. The summed E-state index contributed by atoms with van der Waals surface area (Å²) in [7, 11) is 0. The van der Waals surface area contributed by atoms with E-state index in [4.69, 9.17) is 4.42 Å². The van der Waals surface area contributed by atoms with Crippen molar-refractivity contribution in [2.24, 2.45) is 0 Å². The van der Waals surface area contributed by atoms with Gasteiger partial charge in [0.1, 0.15) is 10.2 Å². The maximum Gasteiger partial charge on any atom is 0.163 e. The summed E-state index contributed by atoms with van der Waals surface area (Å²) in [6.45, 7) is 1.41. The van der Waals surface area contributed by atoms with Crippen molar-refractivity contribution < 1.29 is 14.3 Å². The highest BCUT2D eigenvalue weighted by atomic mass is 79.9. The Kier molecular flexibility index (Phi) is 2.07. The second-order valence-corrected chi connectivity index (χ2v) is 3.77. The number of hydrogen-bond acceptors (Lipinski definition) is 3. The van der Waals surface area contributed by atoms with Gasteiger partial charge in [-0.1, -0.05) is 0 Å². The Morgan fingerprint density at radius 3 is 2.93 bits per heavy atom. The summed E-state index contributed by atoms with van der Waals surface area (Å²) < 4.78 is 5.57. The SMILES string of the molecule is CC(=O)c1cc2ccoc2c(Br)c1O. The summed E-state index contributed by atoms with van der Waals surface area (Å²) in [6, 6.07) is 3.35. The minimum atomic E-state index is -0.175. The Morgan fingerprint density at radius 1 is 1.57 bits per heavy atom. The lowest BCUT2D eigenvalue weighted by Gasteiger charge is -2.03. The molecule has 0 aliphatic rings. The summed E-state index contributed by atoms with van der Waals surface area (Å²) in [5, 5.41) is 10.4. The second kappa shape index (κ2) is 3.13. The highest BCUT2D eigenvalue weighted by Gasteiger charge is 2.15. The van der Waals surface area contributed by atoms with E-state index < -0.39 is 0 Å². The fourth-order valence-electron chi connectivity index (χ4n) is 1.33. The molecule has 0 aliphatic heterocycles. The predicted molar refractivity (Wildman–Crippen MR) is 55.6 cm³/mol. The molecule has 3 nitrogen and oxygen atoms in total. The number of fused-ring (bicyclic) bond motifs is 1. The number of hydrogen-bond donors (Lipinski definition) is 1. The summed E-state index contributed by atoms with van der Waals surface area (Å²) in [6.07, 6.45) is 1.51. The largest absolute Gasteiger partial charge is 0.506 e. The number of furan rings is 1. The second-order valence-electron chi connectivity index (χ2n) is 2.98. The van der Waals surface area contributed by atoms with Crippen LogP contribution in [0.15, 0.2) is 27.3 Å². The molecule has 0 saturated heterocycles. The third-order valence-corrected chi connectivity index (χ3v) is 2.77. The zero-order valence-electron chi connectivity index (χ0n) is 7.37. The lowest BCUT2D eigenvalue weighted by atomic mass is 10.1. The van der Waals surface area contributed by atoms with E-state index in [1.54, 1.807) is 12.1 Å². The number of Topliss-reactive ketones (excluding diaryl/α,β-unsaturated/α-hetero) is 1. The number of aromatic hydroxyl groups is 1. The highest BCUT2D eigenvalue weighted by molar-refractivity contribution is 9.10. The van der Waals surface area contributed by atoms with Crippen LogP contribution in [0.3, 0.4) is 0 Å². The Hall–Kier alpha value is -1.29. The van der Waals surface area contributed by atoms with Gasteiger partial charge in [-0.05, 0) is 35.0 Å². The number of carbonyl (C=O) groups is 1. The van der Waals surface area contributed by atoms with Gasteiger partial charge in [-0.25, -0.2) is 0 Å². The van der Waals surface area contributed by atoms with E-state index in [1.807, 2.05) is 0 Å². The maximum absolute atomic E-state index is 11.2. The first kappa shape index (κ1) is 9.27. The van der Waals surface area contributed by atoms with Crippen LogP contribution in [-0.4, -0.2) is 10.9 Å². The van der Waals surface area contributed by atoms with Crippen LogP contribution in [0.25, 0.3) is 11.0 Å². The molecule has 0 atom stereocenters. The average Bonchev–Trinajstić information content (AvgIpc) is 2.58. The quantitative estimate of drug-likeness (QED) is 0.796. The van der Waals surface area contributed by atoms with Crippen LogP contribution < -0.4 is 0 Å². The van der Waals surface area contributed by atoms with Crippen molar-refractivity contribution in [1.82, 2.24) is 0 Å². The number of carbonyl (C=O) groups excluding carboxylic acids is 1. The van der Waals surface area contributed by atoms with Gasteiger partial charge in [0.15, 0.2) is 11.4 Å². The third kappa shape index (κ3) is 1.23. The van der Waals surface area contributed by atoms with Gasteiger partial charge in [0.2, 0.25) is 0 Å². The highest BCUT2D eigenvalue weighted by Crippen LogP contribution is 2.36. The molecule has 1 heterocycles. The van der Waals surface area contributed by atoms with E-state index in [0.29, 0.717) is 15.6 Å². The molecule has 2 rings (SSSR count). The van der Waals surface area contributed by atoms with Crippen molar-refractivity contribution in [3.63, 3.8) is 0 Å². The first-order valence-electron chi connectivity index (χ1n) is 4.01. The van der Waals surface area contributed by atoms with Crippen molar-refractivity contribution >= 4 is 32.7 Å². The Bertz CT molecular complexity index is 513. The summed E-state index contributed by atoms with van der Waals surface area (Å²) in [5.74, 6) is -0.244. The zero-order chi connectivity index (χ0) is 10.3. The van der Waals surface area contributed by atoms with Gasteiger partial charge >= 0.3 is 0 Å². The molecule has 0 aliphatic carbocycles. The van der Waals surface area contributed by atoms with Gasteiger partial charge in [-0.15, -0.1) is 0 Å². The van der Waals surface area contributed by atoms with Gasteiger partial charge in [-0.3, -0.25) is 4.79 Å². The molecule has 1 aromatic carbocycles. The van der Waals surface area contributed by atoms with E-state index in [9.17, 15) is 9.90 Å². The van der Waals surface area contributed by atoms with Crippen molar-refractivity contribution in [2.75, 3.05) is 0 Å². The molecule has 0 saturated carbocycles. The number of halogens is 1. The first-order chi connectivity index (χ1) is 6.61. The zero-order valence-corrected chi connectivity index (χ0v) is 8.96. The predicted octanol–water partition coefficient (Wildman–Crippen LogP) is 3.10. The topological polar surface area (TPSA) is 50.4 Å². The minimum Gasteiger partial charge on any atom is -0.506 e. The van der Waals surface area contributed by atoms with Crippen molar-refractivity contribution in [3.8, 4) is 5.75 Å². The Balaban J connectivity index is 2.87. The van der Waals surface area contributed by atoms with E-state index in [1.165, 1.54) is 13.2 Å². The molecular formula is C10H7BrO3. The number of phenols is 1. The smallest absolute Gasteiger partial charge is 0.163 e. The van der Waals surface area contributed by atoms with Gasteiger partial charge in [0.25, 0.3) is 0 Å². The van der Waals surface area contributed by atoms with Crippen molar-refractivity contribution in [1.29, 1.82) is 0 Å². The standard InChI is InChI=1S/C10H7BrO3/c1-5(12)7-4-6-2-3-14-10(6)8(11)9(7)13/h2-4,13H,1H3. The lowest BCUT2D eigenvalue weighted by molar-refractivity contribution is 0.101. The summed E-state index contributed by atoms with van der Waals surface area (Å²) in [5.41, 5.74) is 0.846. The van der Waals surface area contributed by atoms with Crippen LogP contribution in [0, 0.1) is 0 Å². The molecule has 0 unspecified atom stereocenters. The average molecular weight is 255 g/mol. The van der Waals surface area contributed by atoms with Crippen LogP contribution in [0.5, 0.6) is 5.75 Å². The fraction of sp³-hybridized carbons (Fsp3) is 0.100. The van der Waals surface area contributed by atoms with E-state index in [0.717, 1.165) is 5.39 Å². The van der Waals surface area contributed by atoms with E-state index >= 15 is 0 Å². The molecule has 0 bridgehead atoms. The van der Waals surface area contributed by atoms with E-state index in [2.05, 4.69) is 15.9 Å². The Morgan fingerprint density at radius 2 is 2.29 bits per heavy atom. The van der Waals surface area contributed by atoms with E-state index in [-0.39, 0.29) is 11.5 Å². The van der Waals surface area contributed by atoms with Crippen LogP contribution in [-0.2, 0) is 0 Å². The first-order valence-corrected chi connectivity index (χ1v) is 4.80. The monoisotopic (exact) mass is 254 g/mol. The van der Waals surface area contributed by atoms with Crippen LogP contribution >= 0.6 is 15.9 Å². The lowest BCUT2D eigenvalue weighted by Crippen LogP contribution is -1.92. The molecule has 0 fully saturated rings. The molecule has 14 heavy (non-hydrogen) atoms. The van der Waals surface area contributed by atoms with Gasteiger partial charge in [-0.2, -0.15) is 0 Å². The molecule has 0 spiro atoms. The van der Waals surface area contributed by atoms with Crippen molar-refractivity contribution in [2.45, 2.75) is 6.92 Å². The minimum absolute atomic E-state index is 0.0695. The van der Waals surface area contributed by atoms with Crippen LogP contribution in [0.1, 0.15) is 17.3 Å². The van der Waals surface area contributed by atoms with Crippen LogP contribution in [0.2, 0.25) is 0 Å². The molecule has 0 radical (unpaired) electrons. The van der Waals surface area contributed by atoms with Crippen molar-refractivity contribution in [3.05, 3.63) is 28.4 Å². The third-order valence-electron chi connectivity index (χ3n) is 2.04. The maximum atomic E-state index is 11.2. The number of phenolic OH excluding ortho intramolecular Hbond substituents is 1. The van der Waals surface area contributed by atoms with Crippen LogP contribution in [0.4, 0.5) is 0 Å². The molecule has 1 aromatic heterocycles. The number of benzene rings is 1.